The van der Waals surface area contributed by atoms with E-state index in [4.69, 9.17) is 0 Å². The van der Waals surface area contributed by atoms with Crippen LogP contribution in [0.15, 0.2) is 75.7 Å². The maximum Gasteiger partial charge on any atom is 0.255 e. The molecule has 4 rings (SSSR count). The minimum Gasteiger partial charge on any atom is -0.362 e. The van der Waals surface area contributed by atoms with E-state index in [-0.39, 0.29) is 17.1 Å². The van der Waals surface area contributed by atoms with Crippen LogP contribution in [0.4, 0.5) is 5.82 Å². The standard InChI is InChI=1S/C24H24BrN3O2/c1-14-20(23(30)28-19-9-4-5-10-26-19)21(15-7-6-8-16(25)11-15)22-17(27-14)12-24(2,3)13-18(22)29/h4-11,21,27H,12-13H2,1-3H3,(H,26,28,30)/t21-/m1/s1. The highest BCUT2D eigenvalue weighted by Crippen LogP contribution is 2.46. The Hall–Kier alpha value is -2.73. The highest BCUT2D eigenvalue weighted by Gasteiger charge is 2.42. The lowest BCUT2D eigenvalue weighted by atomic mass is 9.68. The molecule has 154 valence electrons. The lowest BCUT2D eigenvalue weighted by Gasteiger charge is -2.39. The summed E-state index contributed by atoms with van der Waals surface area (Å²) in [6, 6.07) is 13.2. The number of pyridine rings is 1. The van der Waals surface area contributed by atoms with Gasteiger partial charge in [-0.3, -0.25) is 9.59 Å². The molecule has 1 aromatic heterocycles. The number of aromatic nitrogens is 1. The number of hydrogen-bond acceptors (Lipinski definition) is 4. The third-order valence-electron chi connectivity index (χ3n) is 5.57. The van der Waals surface area contributed by atoms with Crippen LogP contribution in [0.1, 0.15) is 45.1 Å². The highest BCUT2D eigenvalue weighted by atomic mass is 79.9. The van der Waals surface area contributed by atoms with E-state index in [2.05, 4.69) is 45.4 Å². The maximum atomic E-state index is 13.4. The summed E-state index contributed by atoms with van der Waals surface area (Å²) in [6.07, 6.45) is 2.87. The fourth-order valence-electron chi connectivity index (χ4n) is 4.38. The zero-order valence-electron chi connectivity index (χ0n) is 17.3. The number of ketones is 1. The third-order valence-corrected chi connectivity index (χ3v) is 6.07. The number of hydrogen-bond donors (Lipinski definition) is 2. The van der Waals surface area contributed by atoms with Crippen LogP contribution in [-0.4, -0.2) is 16.7 Å². The van der Waals surface area contributed by atoms with Gasteiger partial charge < -0.3 is 10.6 Å². The maximum absolute atomic E-state index is 13.4. The molecule has 0 fully saturated rings. The number of carbonyl (C=O) groups is 2. The lowest BCUT2D eigenvalue weighted by Crippen LogP contribution is -2.39. The van der Waals surface area contributed by atoms with E-state index in [9.17, 15) is 9.59 Å². The molecule has 1 aromatic carbocycles. The SMILES string of the molecule is CC1=C(C(=O)Nc2ccccn2)[C@@H](c2cccc(Br)c2)C2=C(CC(C)(C)CC2=O)N1. The molecule has 0 saturated heterocycles. The van der Waals surface area contributed by atoms with Crippen molar-refractivity contribution in [3.05, 3.63) is 81.2 Å². The van der Waals surface area contributed by atoms with Gasteiger partial charge in [-0.1, -0.05) is 48.0 Å². The first-order chi connectivity index (χ1) is 14.2. The van der Waals surface area contributed by atoms with Gasteiger partial charge in [0.05, 0.1) is 0 Å². The molecule has 6 heteroatoms. The predicted molar refractivity (Wildman–Crippen MR) is 121 cm³/mol. The number of nitrogens with one attached hydrogen (secondary N) is 2. The summed E-state index contributed by atoms with van der Waals surface area (Å²) in [5, 5.41) is 6.27. The van der Waals surface area contributed by atoms with E-state index in [1.165, 1.54) is 0 Å². The first-order valence-corrected chi connectivity index (χ1v) is 10.8. The van der Waals surface area contributed by atoms with Gasteiger partial charge in [0.2, 0.25) is 0 Å². The number of nitrogens with zero attached hydrogens (tertiary/aromatic N) is 1. The van der Waals surface area contributed by atoms with Crippen molar-refractivity contribution in [3.63, 3.8) is 0 Å². The Kier molecular flexibility index (Phi) is 5.36. The average Bonchev–Trinajstić information content (AvgIpc) is 2.66. The molecule has 0 saturated carbocycles. The Bertz CT molecular complexity index is 1090. The van der Waals surface area contributed by atoms with Crippen LogP contribution in [-0.2, 0) is 9.59 Å². The molecule has 1 amide bonds. The number of anilines is 1. The van der Waals surface area contributed by atoms with Gasteiger partial charge in [0.1, 0.15) is 5.82 Å². The zero-order valence-corrected chi connectivity index (χ0v) is 18.8. The van der Waals surface area contributed by atoms with Crippen molar-refractivity contribution >= 4 is 33.4 Å². The van der Waals surface area contributed by atoms with E-state index >= 15 is 0 Å². The molecular weight excluding hydrogens is 442 g/mol. The largest absolute Gasteiger partial charge is 0.362 e. The van der Waals surface area contributed by atoms with Crippen LogP contribution in [0.25, 0.3) is 0 Å². The summed E-state index contributed by atoms with van der Waals surface area (Å²) in [6.45, 7) is 6.10. The number of rotatable bonds is 3. The van der Waals surface area contributed by atoms with Gasteiger partial charge in [-0.2, -0.15) is 0 Å². The van der Waals surface area contributed by atoms with Crippen molar-refractivity contribution in [2.45, 2.75) is 39.5 Å². The van der Waals surface area contributed by atoms with Crippen LogP contribution in [0.3, 0.4) is 0 Å². The van der Waals surface area contributed by atoms with Gasteiger partial charge in [0.25, 0.3) is 5.91 Å². The third kappa shape index (κ3) is 3.97. The van der Waals surface area contributed by atoms with Crippen molar-refractivity contribution in [1.82, 2.24) is 10.3 Å². The van der Waals surface area contributed by atoms with Crippen molar-refractivity contribution in [3.8, 4) is 0 Å². The van der Waals surface area contributed by atoms with Gasteiger partial charge in [-0.05, 0) is 48.6 Å². The number of allylic oxidation sites excluding steroid dienone is 3. The molecule has 1 aliphatic heterocycles. The number of Topliss-reactive ketones (excluding diaryl/α,β-unsaturated/α-hetero) is 1. The molecule has 2 N–H and O–H groups in total. The molecule has 0 radical (unpaired) electrons. The quantitative estimate of drug-likeness (QED) is 0.662. The normalized spacial score (nSPS) is 20.5. The number of halogens is 1. The fraction of sp³-hybridized carbons (Fsp3) is 0.292. The average molecular weight is 466 g/mol. The van der Waals surface area contributed by atoms with Crippen LogP contribution in [0.5, 0.6) is 0 Å². The minimum atomic E-state index is -0.425. The predicted octanol–water partition coefficient (Wildman–Crippen LogP) is 5.09. The Morgan fingerprint density at radius 2 is 2.00 bits per heavy atom. The van der Waals surface area contributed by atoms with Crippen molar-refractivity contribution in [1.29, 1.82) is 0 Å². The number of dihydropyridines is 1. The molecule has 2 aliphatic rings. The van der Waals surface area contributed by atoms with Gasteiger partial charge in [0.15, 0.2) is 5.78 Å². The molecule has 0 spiro atoms. The van der Waals surface area contributed by atoms with E-state index in [1.54, 1.807) is 18.3 Å². The summed E-state index contributed by atoms with van der Waals surface area (Å²) in [5.41, 5.74) is 3.73. The first kappa shape index (κ1) is 20.5. The summed E-state index contributed by atoms with van der Waals surface area (Å²) in [4.78, 5) is 30.8. The molecule has 2 heterocycles. The number of carbonyl (C=O) groups excluding carboxylic acids is 2. The lowest BCUT2D eigenvalue weighted by molar-refractivity contribution is -0.118. The van der Waals surface area contributed by atoms with Crippen molar-refractivity contribution in [2.24, 2.45) is 5.41 Å². The number of benzene rings is 1. The van der Waals surface area contributed by atoms with E-state index in [1.807, 2.05) is 37.3 Å². The van der Waals surface area contributed by atoms with Gasteiger partial charge >= 0.3 is 0 Å². The second kappa shape index (κ2) is 7.84. The fourth-order valence-corrected chi connectivity index (χ4v) is 4.79. The Morgan fingerprint density at radius 1 is 1.20 bits per heavy atom. The topological polar surface area (TPSA) is 71.1 Å². The van der Waals surface area contributed by atoms with Gasteiger partial charge in [-0.25, -0.2) is 4.98 Å². The van der Waals surface area contributed by atoms with Crippen LogP contribution >= 0.6 is 15.9 Å². The molecule has 1 aliphatic carbocycles. The molecule has 0 unspecified atom stereocenters. The van der Waals surface area contributed by atoms with Crippen molar-refractivity contribution in [2.75, 3.05) is 5.32 Å². The summed E-state index contributed by atoms with van der Waals surface area (Å²) in [7, 11) is 0. The van der Waals surface area contributed by atoms with Crippen LogP contribution in [0.2, 0.25) is 0 Å². The van der Waals surface area contributed by atoms with Gasteiger partial charge in [-0.15, -0.1) is 0 Å². The number of amides is 1. The summed E-state index contributed by atoms with van der Waals surface area (Å²) < 4.78 is 0.909. The molecule has 2 aromatic rings. The van der Waals surface area contributed by atoms with Gasteiger partial charge in [0, 0.05) is 45.5 Å². The molecule has 30 heavy (non-hydrogen) atoms. The monoisotopic (exact) mass is 465 g/mol. The van der Waals surface area contributed by atoms with Crippen LogP contribution < -0.4 is 10.6 Å². The Labute approximate surface area is 184 Å². The summed E-state index contributed by atoms with van der Waals surface area (Å²) in [5.74, 6) is -0.111. The first-order valence-electron chi connectivity index (χ1n) is 9.97. The Morgan fingerprint density at radius 3 is 2.70 bits per heavy atom. The highest BCUT2D eigenvalue weighted by molar-refractivity contribution is 9.10. The van der Waals surface area contributed by atoms with E-state index < -0.39 is 5.92 Å². The molecule has 1 atom stereocenters. The second-order valence-corrected chi connectivity index (χ2v) is 9.57. The van der Waals surface area contributed by atoms with Crippen molar-refractivity contribution < 1.29 is 9.59 Å². The summed E-state index contributed by atoms with van der Waals surface area (Å²) >= 11 is 3.53. The van der Waals surface area contributed by atoms with Crippen LogP contribution in [0, 0.1) is 5.41 Å². The minimum absolute atomic E-state index is 0.0920. The smallest absolute Gasteiger partial charge is 0.255 e. The van der Waals surface area contributed by atoms with E-state index in [0.717, 1.165) is 27.9 Å². The zero-order chi connectivity index (χ0) is 21.5. The molecule has 0 bridgehead atoms. The Balaban J connectivity index is 1.82. The molecule has 5 nitrogen and oxygen atoms in total. The molecular formula is C24H24BrN3O2. The second-order valence-electron chi connectivity index (χ2n) is 8.65. The van der Waals surface area contributed by atoms with E-state index in [0.29, 0.717) is 23.4 Å².